The maximum absolute atomic E-state index is 12.1. The summed E-state index contributed by atoms with van der Waals surface area (Å²) in [5.41, 5.74) is 1.86. The highest BCUT2D eigenvalue weighted by Crippen LogP contribution is 2.54. The van der Waals surface area contributed by atoms with Gasteiger partial charge in [-0.1, -0.05) is 18.2 Å². The molecule has 1 N–H and O–H groups in total. The molecule has 17 heavy (non-hydrogen) atoms. The molecule has 0 aromatic heterocycles. The fourth-order valence-corrected chi connectivity index (χ4v) is 3.16. The first-order chi connectivity index (χ1) is 8.28. The summed E-state index contributed by atoms with van der Waals surface area (Å²) in [6.07, 6.45) is 3.52. The second kappa shape index (κ2) is 4.34. The van der Waals surface area contributed by atoms with Gasteiger partial charge in [0, 0.05) is 17.5 Å². The third-order valence-corrected chi connectivity index (χ3v) is 4.32. The monoisotopic (exact) mass is 249 g/mol. The number of carbonyl (C=O) groups is 1. The van der Waals surface area contributed by atoms with E-state index in [4.69, 9.17) is 11.6 Å². The minimum atomic E-state index is 0.176. The van der Waals surface area contributed by atoms with Crippen molar-refractivity contribution in [3.05, 3.63) is 29.8 Å². The first kappa shape index (κ1) is 11.1. The Morgan fingerprint density at radius 1 is 1.24 bits per heavy atom. The van der Waals surface area contributed by atoms with Gasteiger partial charge in [0.2, 0.25) is 5.91 Å². The highest BCUT2D eigenvalue weighted by Gasteiger charge is 2.47. The van der Waals surface area contributed by atoms with Crippen LogP contribution in [0.2, 0.25) is 0 Å². The minimum absolute atomic E-state index is 0.176. The van der Waals surface area contributed by atoms with Crippen LogP contribution in [0.15, 0.2) is 24.3 Å². The SMILES string of the molecule is O=C(Nc1ccccc1CCl)C1CC2CC2C1. The zero-order chi connectivity index (χ0) is 11.8. The van der Waals surface area contributed by atoms with Gasteiger partial charge in [-0.3, -0.25) is 4.79 Å². The van der Waals surface area contributed by atoms with Crippen LogP contribution in [0.4, 0.5) is 5.69 Å². The topological polar surface area (TPSA) is 29.1 Å². The van der Waals surface area contributed by atoms with Gasteiger partial charge < -0.3 is 5.32 Å². The van der Waals surface area contributed by atoms with Crippen LogP contribution in [-0.2, 0) is 10.7 Å². The van der Waals surface area contributed by atoms with Crippen molar-refractivity contribution in [2.24, 2.45) is 17.8 Å². The Kier molecular flexibility index (Phi) is 2.83. The Balaban J connectivity index is 1.67. The number of hydrogen-bond acceptors (Lipinski definition) is 1. The molecule has 0 spiro atoms. The van der Waals surface area contributed by atoms with Gasteiger partial charge in [-0.05, 0) is 42.7 Å². The lowest BCUT2D eigenvalue weighted by molar-refractivity contribution is -0.120. The number of hydrogen-bond donors (Lipinski definition) is 1. The molecule has 1 aromatic rings. The largest absolute Gasteiger partial charge is 0.326 e. The Morgan fingerprint density at radius 2 is 1.94 bits per heavy atom. The van der Waals surface area contributed by atoms with Crippen molar-refractivity contribution in [2.45, 2.75) is 25.1 Å². The van der Waals surface area contributed by atoms with Crippen LogP contribution >= 0.6 is 11.6 Å². The van der Waals surface area contributed by atoms with Gasteiger partial charge >= 0.3 is 0 Å². The van der Waals surface area contributed by atoms with Crippen molar-refractivity contribution in [1.82, 2.24) is 0 Å². The lowest BCUT2D eigenvalue weighted by Gasteiger charge is -2.14. The van der Waals surface area contributed by atoms with Crippen LogP contribution in [0.5, 0.6) is 0 Å². The number of alkyl halides is 1. The zero-order valence-electron chi connectivity index (χ0n) is 9.66. The third-order valence-electron chi connectivity index (χ3n) is 4.03. The van der Waals surface area contributed by atoms with Gasteiger partial charge in [-0.15, -0.1) is 11.6 Å². The smallest absolute Gasteiger partial charge is 0.227 e. The van der Waals surface area contributed by atoms with Crippen LogP contribution < -0.4 is 5.32 Å². The second-order valence-corrected chi connectivity index (χ2v) is 5.47. The van der Waals surface area contributed by atoms with Gasteiger partial charge in [0.15, 0.2) is 0 Å². The summed E-state index contributed by atoms with van der Waals surface area (Å²) < 4.78 is 0. The van der Waals surface area contributed by atoms with Crippen LogP contribution in [-0.4, -0.2) is 5.91 Å². The Morgan fingerprint density at radius 3 is 2.65 bits per heavy atom. The summed E-state index contributed by atoms with van der Waals surface area (Å²) in [6, 6.07) is 7.75. The summed E-state index contributed by atoms with van der Waals surface area (Å²) in [6.45, 7) is 0. The number of rotatable bonds is 3. The molecule has 2 unspecified atom stereocenters. The number of anilines is 1. The number of carbonyl (C=O) groups excluding carboxylic acids is 1. The number of benzene rings is 1. The average Bonchev–Trinajstić information content (AvgIpc) is 2.96. The van der Waals surface area contributed by atoms with E-state index >= 15 is 0 Å². The highest BCUT2D eigenvalue weighted by atomic mass is 35.5. The fourth-order valence-electron chi connectivity index (χ4n) is 2.92. The van der Waals surface area contributed by atoms with Crippen molar-refractivity contribution in [1.29, 1.82) is 0 Å². The number of amides is 1. The highest BCUT2D eigenvalue weighted by molar-refractivity contribution is 6.17. The molecule has 0 bridgehead atoms. The molecule has 2 atom stereocenters. The van der Waals surface area contributed by atoms with Crippen LogP contribution in [0.1, 0.15) is 24.8 Å². The standard InChI is InChI=1S/C14H16ClNO/c15-8-9-3-1-2-4-13(9)16-14(17)12-6-10-5-11(10)7-12/h1-4,10-12H,5-8H2,(H,16,17). The lowest BCUT2D eigenvalue weighted by Crippen LogP contribution is -2.22. The quantitative estimate of drug-likeness (QED) is 0.818. The lowest BCUT2D eigenvalue weighted by atomic mass is 10.0. The Hall–Kier alpha value is -1.02. The fraction of sp³-hybridized carbons (Fsp3) is 0.500. The number of halogens is 1. The molecule has 2 aliphatic rings. The molecule has 0 heterocycles. The van der Waals surface area contributed by atoms with E-state index in [1.807, 2.05) is 24.3 Å². The zero-order valence-corrected chi connectivity index (χ0v) is 10.4. The predicted molar refractivity (Wildman–Crippen MR) is 68.9 cm³/mol. The summed E-state index contributed by atoms with van der Waals surface area (Å²) in [7, 11) is 0. The Bertz CT molecular complexity index is 436. The molecule has 2 nitrogen and oxygen atoms in total. The summed E-state index contributed by atoms with van der Waals surface area (Å²) >= 11 is 5.85. The van der Waals surface area contributed by atoms with Crippen molar-refractivity contribution in [3.8, 4) is 0 Å². The van der Waals surface area contributed by atoms with Gasteiger partial charge in [-0.2, -0.15) is 0 Å². The Labute approximate surface area is 106 Å². The summed E-state index contributed by atoms with van der Waals surface area (Å²) in [4.78, 5) is 12.1. The van der Waals surface area contributed by atoms with E-state index in [0.29, 0.717) is 5.88 Å². The van der Waals surface area contributed by atoms with E-state index in [9.17, 15) is 4.79 Å². The molecule has 3 heteroatoms. The molecular weight excluding hydrogens is 234 g/mol. The van der Waals surface area contributed by atoms with E-state index in [2.05, 4.69) is 5.32 Å². The number of fused-ring (bicyclic) bond motifs is 1. The molecule has 90 valence electrons. The average molecular weight is 250 g/mol. The molecule has 1 aromatic carbocycles. The van der Waals surface area contributed by atoms with Crippen LogP contribution in [0.3, 0.4) is 0 Å². The summed E-state index contributed by atoms with van der Waals surface area (Å²) in [5, 5.41) is 3.02. The second-order valence-electron chi connectivity index (χ2n) is 5.20. The van der Waals surface area contributed by atoms with Gasteiger partial charge in [0.1, 0.15) is 0 Å². The molecular formula is C14H16ClNO. The molecule has 3 rings (SSSR count). The van der Waals surface area contributed by atoms with E-state index in [0.717, 1.165) is 35.9 Å². The third kappa shape index (κ3) is 2.19. The normalized spacial score (nSPS) is 29.8. The first-order valence-corrected chi connectivity index (χ1v) is 6.76. The van der Waals surface area contributed by atoms with E-state index in [-0.39, 0.29) is 11.8 Å². The van der Waals surface area contributed by atoms with E-state index in [1.54, 1.807) is 0 Å². The summed E-state index contributed by atoms with van der Waals surface area (Å²) in [5.74, 6) is 2.52. The van der Waals surface area contributed by atoms with Gasteiger partial charge in [-0.25, -0.2) is 0 Å². The van der Waals surface area contributed by atoms with E-state index in [1.165, 1.54) is 6.42 Å². The molecule has 0 saturated heterocycles. The molecule has 1 amide bonds. The van der Waals surface area contributed by atoms with Crippen LogP contribution in [0, 0.1) is 17.8 Å². The number of nitrogens with one attached hydrogen (secondary N) is 1. The molecule has 0 aliphatic heterocycles. The van der Waals surface area contributed by atoms with E-state index < -0.39 is 0 Å². The maximum Gasteiger partial charge on any atom is 0.227 e. The van der Waals surface area contributed by atoms with Crippen molar-refractivity contribution in [3.63, 3.8) is 0 Å². The first-order valence-electron chi connectivity index (χ1n) is 6.22. The van der Waals surface area contributed by atoms with Crippen LogP contribution in [0.25, 0.3) is 0 Å². The molecule has 2 aliphatic carbocycles. The molecule has 0 radical (unpaired) electrons. The number of para-hydroxylation sites is 1. The van der Waals surface area contributed by atoms with Crippen molar-refractivity contribution >= 4 is 23.2 Å². The molecule has 2 saturated carbocycles. The molecule has 2 fully saturated rings. The minimum Gasteiger partial charge on any atom is -0.326 e. The van der Waals surface area contributed by atoms with Crippen molar-refractivity contribution < 1.29 is 4.79 Å². The maximum atomic E-state index is 12.1. The predicted octanol–water partition coefficient (Wildman–Crippen LogP) is 3.41. The van der Waals surface area contributed by atoms with Gasteiger partial charge in [0.25, 0.3) is 0 Å². The van der Waals surface area contributed by atoms with Crippen molar-refractivity contribution in [2.75, 3.05) is 5.32 Å². The van der Waals surface area contributed by atoms with Gasteiger partial charge in [0.05, 0.1) is 0 Å².